The molecule has 1 fully saturated rings. The fourth-order valence-corrected chi connectivity index (χ4v) is 5.32. The summed E-state index contributed by atoms with van der Waals surface area (Å²) in [5.74, 6) is 1.49. The molecule has 10 heteroatoms. The highest BCUT2D eigenvalue weighted by molar-refractivity contribution is 7.89. The van der Waals surface area contributed by atoms with Gasteiger partial charge in [0.2, 0.25) is 16.0 Å². The van der Waals surface area contributed by atoms with Crippen LogP contribution in [0.3, 0.4) is 0 Å². The summed E-state index contributed by atoms with van der Waals surface area (Å²) in [6.07, 6.45) is 0. The van der Waals surface area contributed by atoms with E-state index in [1.54, 1.807) is 15.9 Å². The van der Waals surface area contributed by atoms with E-state index in [2.05, 4.69) is 15.1 Å². The molecule has 154 valence electrons. The second-order valence-corrected chi connectivity index (χ2v) is 9.14. The van der Waals surface area contributed by atoms with E-state index in [0.717, 1.165) is 11.5 Å². The Morgan fingerprint density at radius 1 is 1.07 bits per heavy atom. The zero-order chi connectivity index (χ0) is 20.6. The Kier molecular flexibility index (Phi) is 5.62. The first kappa shape index (κ1) is 20.5. The Morgan fingerprint density at radius 2 is 1.71 bits per heavy atom. The van der Waals surface area contributed by atoms with Crippen LogP contribution in [0.25, 0.3) is 0 Å². The van der Waals surface area contributed by atoms with Crippen LogP contribution in [0.2, 0.25) is 0 Å². The van der Waals surface area contributed by atoms with Crippen LogP contribution in [-0.2, 0) is 16.6 Å². The van der Waals surface area contributed by atoms with Crippen LogP contribution >= 0.6 is 0 Å². The fourth-order valence-electron chi connectivity index (χ4n) is 3.53. The Hall–Kier alpha value is -2.20. The van der Waals surface area contributed by atoms with E-state index in [4.69, 9.17) is 0 Å². The molecule has 2 aromatic rings. The smallest absolute Gasteiger partial charge is 0.246 e. The highest BCUT2D eigenvalue weighted by Gasteiger charge is 2.33. The van der Waals surface area contributed by atoms with Gasteiger partial charge in [0.05, 0.1) is 11.4 Å². The first-order chi connectivity index (χ1) is 13.1. The molecule has 3 rings (SSSR count). The van der Waals surface area contributed by atoms with Gasteiger partial charge in [-0.1, -0.05) is 0 Å². The topological polar surface area (TPSA) is 87.5 Å². The molecule has 0 unspecified atom stereocenters. The lowest BCUT2D eigenvalue weighted by molar-refractivity contribution is 0.382. The number of piperazine rings is 1. The molecule has 0 spiro atoms. The maximum absolute atomic E-state index is 13.2. The number of hydrogen-bond acceptors (Lipinski definition) is 7. The lowest BCUT2D eigenvalue weighted by atomic mass is 10.3. The number of anilines is 2. The molecule has 1 aliphatic rings. The van der Waals surface area contributed by atoms with E-state index in [0.29, 0.717) is 55.0 Å². The van der Waals surface area contributed by atoms with Crippen LogP contribution in [-0.4, -0.2) is 72.7 Å². The van der Waals surface area contributed by atoms with Gasteiger partial charge < -0.3 is 9.80 Å². The third-order valence-electron chi connectivity index (χ3n) is 5.02. The van der Waals surface area contributed by atoms with E-state index >= 15 is 0 Å². The zero-order valence-corrected chi connectivity index (χ0v) is 18.3. The molecule has 0 aromatic carbocycles. The molecule has 2 aromatic heterocycles. The van der Waals surface area contributed by atoms with Gasteiger partial charge in [0.1, 0.15) is 10.7 Å². The van der Waals surface area contributed by atoms with E-state index in [1.165, 1.54) is 0 Å². The van der Waals surface area contributed by atoms with Crippen molar-refractivity contribution in [2.45, 2.75) is 39.1 Å². The Balaban J connectivity index is 1.80. The molecular formula is C18H29N7O2S. The van der Waals surface area contributed by atoms with Crippen molar-refractivity contribution in [3.05, 3.63) is 23.1 Å². The summed E-state index contributed by atoms with van der Waals surface area (Å²) in [5, 5.41) is 4.36. The van der Waals surface area contributed by atoms with Crippen molar-refractivity contribution >= 4 is 21.8 Å². The van der Waals surface area contributed by atoms with Crippen molar-refractivity contribution in [2.75, 3.05) is 50.1 Å². The van der Waals surface area contributed by atoms with E-state index in [-0.39, 0.29) is 0 Å². The zero-order valence-electron chi connectivity index (χ0n) is 17.5. The van der Waals surface area contributed by atoms with Gasteiger partial charge in [-0.2, -0.15) is 14.4 Å². The van der Waals surface area contributed by atoms with Crippen LogP contribution in [0.15, 0.2) is 11.0 Å². The average Bonchev–Trinajstić information content (AvgIpc) is 2.95. The van der Waals surface area contributed by atoms with Crippen molar-refractivity contribution in [2.24, 2.45) is 0 Å². The quantitative estimate of drug-likeness (QED) is 0.736. The Bertz CT molecular complexity index is 961. The lowest BCUT2D eigenvalue weighted by Gasteiger charge is -2.34. The number of sulfonamides is 1. The van der Waals surface area contributed by atoms with E-state index < -0.39 is 10.0 Å². The summed E-state index contributed by atoms with van der Waals surface area (Å²) in [5.41, 5.74) is 2.14. The standard InChI is InChI=1S/C18H29N7O2S/c1-7-25-15(4)17(14(3)21-25)28(26,27)24-10-8-23(9-11-24)18-19-13(2)12-16(20-18)22(5)6/h12H,7-11H2,1-6H3. The van der Waals surface area contributed by atoms with Gasteiger partial charge >= 0.3 is 0 Å². The lowest BCUT2D eigenvalue weighted by Crippen LogP contribution is -2.49. The monoisotopic (exact) mass is 407 g/mol. The highest BCUT2D eigenvalue weighted by Crippen LogP contribution is 2.25. The predicted molar refractivity (Wildman–Crippen MR) is 109 cm³/mol. The molecule has 1 saturated heterocycles. The van der Waals surface area contributed by atoms with Gasteiger partial charge in [-0.15, -0.1) is 0 Å². The van der Waals surface area contributed by atoms with Crippen molar-refractivity contribution < 1.29 is 8.42 Å². The van der Waals surface area contributed by atoms with Crippen molar-refractivity contribution in [1.82, 2.24) is 24.1 Å². The van der Waals surface area contributed by atoms with Gasteiger partial charge in [0, 0.05) is 58.6 Å². The van der Waals surface area contributed by atoms with Crippen LogP contribution in [0.1, 0.15) is 24.0 Å². The highest BCUT2D eigenvalue weighted by atomic mass is 32.2. The fraction of sp³-hybridized carbons (Fsp3) is 0.611. The molecule has 28 heavy (non-hydrogen) atoms. The molecule has 1 aliphatic heterocycles. The third kappa shape index (κ3) is 3.70. The summed E-state index contributed by atoms with van der Waals surface area (Å²) in [4.78, 5) is 13.5. The Labute approximate surface area is 167 Å². The molecule has 0 radical (unpaired) electrons. The van der Waals surface area contributed by atoms with Gasteiger partial charge in [-0.25, -0.2) is 13.4 Å². The molecule has 3 heterocycles. The molecule has 0 bridgehead atoms. The second kappa shape index (κ2) is 7.67. The SMILES string of the molecule is CCn1nc(C)c(S(=O)(=O)N2CCN(c3nc(C)cc(N(C)C)n3)CC2)c1C. The third-order valence-corrected chi connectivity index (χ3v) is 7.17. The van der Waals surface area contributed by atoms with Crippen LogP contribution in [0.5, 0.6) is 0 Å². The number of hydrogen-bond donors (Lipinski definition) is 0. The van der Waals surface area contributed by atoms with Crippen LogP contribution < -0.4 is 9.80 Å². The van der Waals surface area contributed by atoms with Crippen molar-refractivity contribution in [3.63, 3.8) is 0 Å². The number of nitrogens with zero attached hydrogens (tertiary/aromatic N) is 7. The summed E-state index contributed by atoms with van der Waals surface area (Å²) in [6, 6.07) is 1.93. The van der Waals surface area contributed by atoms with Gasteiger partial charge in [-0.3, -0.25) is 4.68 Å². The minimum atomic E-state index is -3.57. The predicted octanol–water partition coefficient (Wildman–Crippen LogP) is 1.20. The summed E-state index contributed by atoms with van der Waals surface area (Å²) in [6.45, 7) is 10.0. The molecule has 0 N–H and O–H groups in total. The number of aryl methyl sites for hydroxylation is 3. The van der Waals surface area contributed by atoms with Gasteiger partial charge in [0.15, 0.2) is 0 Å². The number of rotatable bonds is 5. The van der Waals surface area contributed by atoms with Gasteiger partial charge in [0.25, 0.3) is 0 Å². The first-order valence-corrected chi connectivity index (χ1v) is 10.9. The summed E-state index contributed by atoms with van der Waals surface area (Å²) >= 11 is 0. The normalized spacial score (nSPS) is 15.9. The largest absolute Gasteiger partial charge is 0.363 e. The maximum atomic E-state index is 13.2. The summed E-state index contributed by atoms with van der Waals surface area (Å²) < 4.78 is 29.7. The summed E-state index contributed by atoms with van der Waals surface area (Å²) in [7, 11) is 0.310. The minimum absolute atomic E-state index is 0.337. The second-order valence-electron chi connectivity index (χ2n) is 7.27. The van der Waals surface area contributed by atoms with E-state index in [1.807, 2.05) is 50.7 Å². The molecule has 9 nitrogen and oxygen atoms in total. The van der Waals surface area contributed by atoms with Gasteiger partial charge in [-0.05, 0) is 27.7 Å². The van der Waals surface area contributed by atoms with Crippen LogP contribution in [0, 0.1) is 20.8 Å². The molecule has 0 atom stereocenters. The molecular weight excluding hydrogens is 378 g/mol. The van der Waals surface area contributed by atoms with E-state index in [9.17, 15) is 8.42 Å². The van der Waals surface area contributed by atoms with Crippen molar-refractivity contribution in [1.29, 1.82) is 0 Å². The maximum Gasteiger partial charge on any atom is 0.246 e. The van der Waals surface area contributed by atoms with Crippen LogP contribution in [0.4, 0.5) is 11.8 Å². The Morgan fingerprint density at radius 3 is 2.25 bits per heavy atom. The molecule has 0 amide bonds. The number of aromatic nitrogens is 4. The van der Waals surface area contributed by atoms with Crippen molar-refractivity contribution in [3.8, 4) is 0 Å². The minimum Gasteiger partial charge on any atom is -0.363 e. The average molecular weight is 408 g/mol. The molecule has 0 saturated carbocycles. The molecule has 0 aliphatic carbocycles. The first-order valence-electron chi connectivity index (χ1n) is 9.47.